The molecule has 0 saturated heterocycles. The van der Waals surface area contributed by atoms with Crippen LogP contribution in [0.1, 0.15) is 26.7 Å². The first-order valence-corrected chi connectivity index (χ1v) is 4.35. The lowest BCUT2D eigenvalue weighted by molar-refractivity contribution is -0.278. The highest BCUT2D eigenvalue weighted by molar-refractivity contribution is 4.86. The second-order valence-electron chi connectivity index (χ2n) is 2.81. The van der Waals surface area contributed by atoms with Gasteiger partial charge in [-0.2, -0.15) is 0 Å². The van der Waals surface area contributed by atoms with Crippen LogP contribution < -0.4 is 5.84 Å². The number of hydrogen-bond acceptors (Lipinski definition) is 4. The highest BCUT2D eigenvalue weighted by Crippen LogP contribution is 2.26. The molecule has 0 bridgehead atoms. The summed E-state index contributed by atoms with van der Waals surface area (Å²) in [5, 5.41) is 2.19. The van der Waals surface area contributed by atoms with Crippen molar-refractivity contribution < 1.29 is 4.84 Å². The van der Waals surface area contributed by atoms with Crippen molar-refractivity contribution in [1.29, 1.82) is 0 Å². The quantitative estimate of drug-likeness (QED) is 0.412. The van der Waals surface area contributed by atoms with Crippen LogP contribution >= 0.6 is 0 Å². The molecule has 6 nitrogen and oxygen atoms in total. The normalized spacial score (nSPS) is 10.8. The van der Waals surface area contributed by atoms with Crippen LogP contribution in [0.2, 0.25) is 0 Å². The van der Waals surface area contributed by atoms with E-state index in [9.17, 15) is 0 Å². The van der Waals surface area contributed by atoms with Crippen LogP contribution in [0.25, 0.3) is 9.91 Å². The molecule has 0 aliphatic carbocycles. The van der Waals surface area contributed by atoms with Crippen LogP contribution in [0.4, 0.5) is 0 Å². The van der Waals surface area contributed by atoms with Crippen molar-refractivity contribution in [3.8, 4) is 13.1 Å². The van der Waals surface area contributed by atoms with Gasteiger partial charge in [0.15, 0.2) is 9.91 Å². The molecular weight excluding hydrogens is 182 g/mol. The van der Waals surface area contributed by atoms with Gasteiger partial charge in [-0.05, 0) is 0 Å². The van der Waals surface area contributed by atoms with E-state index in [-0.39, 0.29) is 0 Å². The first-order valence-electron chi connectivity index (χ1n) is 4.35. The molecule has 0 saturated carbocycles. The van der Waals surface area contributed by atoms with E-state index in [1.165, 1.54) is 0 Å². The van der Waals surface area contributed by atoms with E-state index in [4.69, 9.17) is 23.8 Å². The topological polar surface area (TPSA) is 50.5 Å². The number of hydroxylamine groups is 1. The Bertz CT molecular complexity index is 233. The molecule has 2 N–H and O–H groups in total. The Morgan fingerprint density at radius 1 is 1.29 bits per heavy atom. The Kier molecular flexibility index (Phi) is 4.89. The van der Waals surface area contributed by atoms with E-state index < -0.39 is 5.72 Å². The predicted octanol–water partition coefficient (Wildman–Crippen LogP) is 1.30. The molecule has 0 aliphatic heterocycles. The molecule has 0 rings (SSSR count). The summed E-state index contributed by atoms with van der Waals surface area (Å²) in [6, 6.07) is 0. The number of rotatable bonds is 5. The molecule has 0 unspecified atom stereocenters. The lowest BCUT2D eigenvalue weighted by Gasteiger charge is -2.25. The Hall–Kier alpha value is -1.34. The van der Waals surface area contributed by atoms with Crippen LogP contribution in [-0.2, 0) is 4.84 Å². The standard InChI is InChI=1S/C8H17N5O/c1-6-8(7-2,14-12(5)9)13(10-3)11-4/h3-4H,6-7,9H2,1-2,5H3/q+2. The summed E-state index contributed by atoms with van der Waals surface area (Å²) in [6.07, 6.45) is 1.18. The molecule has 14 heavy (non-hydrogen) atoms. The molecule has 0 spiro atoms. The summed E-state index contributed by atoms with van der Waals surface area (Å²) < 4.78 is 0. The summed E-state index contributed by atoms with van der Waals surface area (Å²) in [5.74, 6) is 5.40. The number of hydrogen-bond donors (Lipinski definition) is 1. The van der Waals surface area contributed by atoms with Gasteiger partial charge in [-0.25, -0.2) is 10.7 Å². The van der Waals surface area contributed by atoms with Gasteiger partial charge in [0, 0.05) is 19.9 Å². The fourth-order valence-electron chi connectivity index (χ4n) is 1.21. The molecule has 78 valence electrons. The zero-order valence-electron chi connectivity index (χ0n) is 8.84. The molecule has 0 aromatic rings. The average molecular weight is 199 g/mol. The van der Waals surface area contributed by atoms with Gasteiger partial charge in [0.2, 0.25) is 0 Å². The SMILES string of the molecule is C#[N+]N([N+]#C)C(CC)(CC)ON(C)N. The van der Waals surface area contributed by atoms with Gasteiger partial charge in [0.25, 0.3) is 0 Å². The first-order chi connectivity index (χ1) is 6.56. The van der Waals surface area contributed by atoms with Crippen molar-refractivity contribution in [3.05, 3.63) is 9.91 Å². The zero-order valence-corrected chi connectivity index (χ0v) is 8.84. The van der Waals surface area contributed by atoms with E-state index in [0.29, 0.717) is 12.8 Å². The minimum atomic E-state index is -0.826. The maximum absolute atomic E-state index is 5.40. The van der Waals surface area contributed by atoms with Crippen LogP contribution in [0.3, 0.4) is 0 Å². The van der Waals surface area contributed by atoms with Gasteiger partial charge < -0.3 is 0 Å². The molecule has 0 aromatic carbocycles. The van der Waals surface area contributed by atoms with Crippen LogP contribution in [0, 0.1) is 13.1 Å². The van der Waals surface area contributed by atoms with E-state index in [0.717, 1.165) is 10.3 Å². The maximum atomic E-state index is 5.40. The molecule has 6 heteroatoms. The summed E-state index contributed by atoms with van der Waals surface area (Å²) in [7, 11) is 1.56. The van der Waals surface area contributed by atoms with Crippen LogP contribution in [0.15, 0.2) is 0 Å². The second kappa shape index (κ2) is 5.40. The summed E-state index contributed by atoms with van der Waals surface area (Å²) in [4.78, 5) is 12.2. The number of hydrazine groups is 1. The smallest absolute Gasteiger partial charge is 0.245 e. The van der Waals surface area contributed by atoms with Crippen molar-refractivity contribution in [2.24, 2.45) is 5.84 Å². The Morgan fingerprint density at radius 3 is 1.93 bits per heavy atom. The average Bonchev–Trinajstić information content (AvgIpc) is 2.17. The molecule has 0 radical (unpaired) electrons. The van der Waals surface area contributed by atoms with E-state index in [1.807, 2.05) is 13.8 Å². The molecule has 0 aromatic heterocycles. The van der Waals surface area contributed by atoms with E-state index in [1.54, 1.807) is 7.05 Å². The number of nitrogens with zero attached hydrogens (tertiary/aromatic N) is 4. The molecule has 0 amide bonds. The molecule has 0 aliphatic rings. The van der Waals surface area contributed by atoms with Crippen molar-refractivity contribution in [3.63, 3.8) is 0 Å². The lowest BCUT2D eigenvalue weighted by atomic mass is 10.1. The zero-order chi connectivity index (χ0) is 11.2. The van der Waals surface area contributed by atoms with Crippen LogP contribution in [-0.4, -0.2) is 23.1 Å². The fourth-order valence-corrected chi connectivity index (χ4v) is 1.21. The highest BCUT2D eigenvalue weighted by Gasteiger charge is 2.51. The summed E-state index contributed by atoms with van der Waals surface area (Å²) >= 11 is 0. The van der Waals surface area contributed by atoms with Crippen molar-refractivity contribution in [2.75, 3.05) is 7.05 Å². The lowest BCUT2D eigenvalue weighted by Crippen LogP contribution is -2.48. The third kappa shape index (κ3) is 2.57. The molecular formula is C8H17N5O+2. The van der Waals surface area contributed by atoms with Gasteiger partial charge in [-0.15, -0.1) is 5.17 Å². The highest BCUT2D eigenvalue weighted by atomic mass is 16.7. The molecule has 0 fully saturated rings. The van der Waals surface area contributed by atoms with E-state index >= 15 is 0 Å². The monoisotopic (exact) mass is 199 g/mol. The number of nitrogens with two attached hydrogens (primary N) is 1. The van der Waals surface area contributed by atoms with Gasteiger partial charge in [0.05, 0.1) is 0 Å². The summed E-state index contributed by atoms with van der Waals surface area (Å²) in [5.41, 5.74) is -0.826. The second-order valence-corrected chi connectivity index (χ2v) is 2.81. The first kappa shape index (κ1) is 12.7. The summed E-state index contributed by atoms with van der Waals surface area (Å²) in [6.45, 7) is 14.1. The van der Waals surface area contributed by atoms with Gasteiger partial charge in [0.1, 0.15) is 0 Å². The van der Waals surface area contributed by atoms with Crippen LogP contribution in [0.5, 0.6) is 0 Å². The van der Waals surface area contributed by atoms with Gasteiger partial charge in [-0.1, -0.05) is 13.8 Å². The van der Waals surface area contributed by atoms with Gasteiger partial charge in [-0.3, -0.25) is 0 Å². The Balaban J connectivity index is 4.88. The Morgan fingerprint density at radius 2 is 1.71 bits per heavy atom. The third-order valence-electron chi connectivity index (χ3n) is 2.00. The fraction of sp³-hybridized carbons (Fsp3) is 0.750. The van der Waals surface area contributed by atoms with Crippen molar-refractivity contribution in [2.45, 2.75) is 32.4 Å². The molecule has 0 heterocycles. The van der Waals surface area contributed by atoms with Crippen molar-refractivity contribution in [1.82, 2.24) is 10.3 Å². The van der Waals surface area contributed by atoms with Crippen molar-refractivity contribution >= 4 is 0 Å². The van der Waals surface area contributed by atoms with E-state index in [2.05, 4.69) is 9.91 Å². The minimum absolute atomic E-state index is 0.590. The maximum Gasteiger partial charge on any atom is 0.319 e. The largest absolute Gasteiger partial charge is 0.319 e. The predicted molar refractivity (Wildman–Crippen MR) is 54.8 cm³/mol. The van der Waals surface area contributed by atoms with Gasteiger partial charge >= 0.3 is 24.0 Å². The molecule has 0 atom stereocenters. The Labute approximate surface area is 84.3 Å². The third-order valence-corrected chi connectivity index (χ3v) is 2.00. The minimum Gasteiger partial charge on any atom is -0.245 e.